The van der Waals surface area contributed by atoms with Gasteiger partial charge in [0.2, 0.25) is 0 Å². The zero-order chi connectivity index (χ0) is 18.8. The van der Waals surface area contributed by atoms with Gasteiger partial charge in [-0.2, -0.15) is 0 Å². The summed E-state index contributed by atoms with van der Waals surface area (Å²) < 4.78 is 13.9. The summed E-state index contributed by atoms with van der Waals surface area (Å²) in [6, 6.07) is 6.19. The molecule has 7 heteroatoms. The third-order valence-corrected chi connectivity index (χ3v) is 3.17. The fraction of sp³-hybridized carbons (Fsp3) is 0.333. The number of pyridine rings is 1. The minimum atomic E-state index is -1.04. The van der Waals surface area contributed by atoms with Crippen LogP contribution < -0.4 is 10.6 Å². The van der Waals surface area contributed by atoms with Gasteiger partial charge >= 0.3 is 0 Å². The van der Waals surface area contributed by atoms with Crippen LogP contribution in [0.5, 0.6) is 0 Å². The summed E-state index contributed by atoms with van der Waals surface area (Å²) in [6.45, 7) is 5.24. The van der Waals surface area contributed by atoms with E-state index in [1.54, 1.807) is 19.1 Å². The van der Waals surface area contributed by atoms with Crippen LogP contribution in [0.3, 0.4) is 0 Å². The quantitative estimate of drug-likeness (QED) is 0.642. The average molecular weight is 349 g/mol. The molecule has 1 atom stereocenters. The number of carbonyl (C=O) groups is 1. The maximum absolute atomic E-state index is 13.9. The molecule has 0 spiro atoms. The van der Waals surface area contributed by atoms with Crippen LogP contribution in [-0.4, -0.2) is 40.4 Å². The van der Waals surface area contributed by atoms with Gasteiger partial charge in [-0.1, -0.05) is 19.9 Å². The molecule has 25 heavy (non-hydrogen) atoms. The number of anilines is 2. The summed E-state index contributed by atoms with van der Waals surface area (Å²) in [5.41, 5.74) is 1.61. The van der Waals surface area contributed by atoms with Gasteiger partial charge in [-0.05, 0) is 30.7 Å². The molecule has 136 valence electrons. The van der Waals surface area contributed by atoms with Crippen molar-refractivity contribution in [1.29, 1.82) is 0 Å². The van der Waals surface area contributed by atoms with Crippen LogP contribution in [0.1, 0.15) is 29.8 Å². The number of nitrogens with one attached hydrogen (secondary N) is 2. The van der Waals surface area contributed by atoms with Crippen molar-refractivity contribution < 1.29 is 19.4 Å². The number of amides is 1. The van der Waals surface area contributed by atoms with Crippen molar-refractivity contribution in [2.75, 3.05) is 18.5 Å². The SMILES string of the molecule is CC.Cc1ccc(Nc2cnccc2C(=O)NC[C@H](O)CO)c(F)c1. The molecular weight excluding hydrogens is 325 g/mol. The number of hydrogen-bond donors (Lipinski definition) is 4. The van der Waals surface area contributed by atoms with E-state index in [-0.39, 0.29) is 17.8 Å². The Morgan fingerprint density at radius 3 is 2.64 bits per heavy atom. The number of hydrogen-bond acceptors (Lipinski definition) is 5. The van der Waals surface area contributed by atoms with E-state index in [0.29, 0.717) is 5.69 Å². The zero-order valence-electron chi connectivity index (χ0n) is 14.6. The second-order valence-electron chi connectivity index (χ2n) is 5.08. The Morgan fingerprint density at radius 1 is 1.28 bits per heavy atom. The lowest BCUT2D eigenvalue weighted by atomic mass is 10.1. The van der Waals surface area contributed by atoms with E-state index in [2.05, 4.69) is 15.6 Å². The number of rotatable bonds is 6. The van der Waals surface area contributed by atoms with Crippen molar-refractivity contribution in [3.63, 3.8) is 0 Å². The highest BCUT2D eigenvalue weighted by Crippen LogP contribution is 2.23. The summed E-state index contributed by atoms with van der Waals surface area (Å²) >= 11 is 0. The molecule has 2 aromatic rings. The van der Waals surface area contributed by atoms with E-state index < -0.39 is 24.4 Å². The average Bonchev–Trinajstić information content (AvgIpc) is 2.63. The Hall–Kier alpha value is -2.51. The maximum Gasteiger partial charge on any atom is 0.253 e. The molecule has 0 aliphatic heterocycles. The predicted octanol–water partition coefficient (Wildman–Crippen LogP) is 2.38. The molecule has 1 amide bonds. The first-order chi connectivity index (χ1) is 12.0. The van der Waals surface area contributed by atoms with E-state index in [9.17, 15) is 14.3 Å². The molecule has 0 fully saturated rings. The number of nitrogens with zero attached hydrogens (tertiary/aromatic N) is 1. The predicted molar refractivity (Wildman–Crippen MR) is 95.4 cm³/mol. The van der Waals surface area contributed by atoms with Gasteiger partial charge in [-0.3, -0.25) is 9.78 Å². The van der Waals surface area contributed by atoms with Crippen LogP contribution >= 0.6 is 0 Å². The van der Waals surface area contributed by atoms with Crippen molar-refractivity contribution in [3.8, 4) is 0 Å². The summed E-state index contributed by atoms with van der Waals surface area (Å²) in [4.78, 5) is 16.1. The Kier molecular flexibility index (Phi) is 8.52. The Bertz CT molecular complexity index is 695. The fourth-order valence-corrected chi connectivity index (χ4v) is 1.93. The second-order valence-corrected chi connectivity index (χ2v) is 5.08. The first-order valence-electron chi connectivity index (χ1n) is 8.05. The number of aliphatic hydroxyl groups excluding tert-OH is 2. The van der Waals surface area contributed by atoms with Gasteiger partial charge in [0.25, 0.3) is 5.91 Å². The fourth-order valence-electron chi connectivity index (χ4n) is 1.93. The van der Waals surface area contributed by atoms with Crippen LogP contribution in [0, 0.1) is 12.7 Å². The zero-order valence-corrected chi connectivity index (χ0v) is 14.6. The van der Waals surface area contributed by atoms with E-state index in [4.69, 9.17) is 5.11 Å². The van der Waals surface area contributed by atoms with E-state index in [1.165, 1.54) is 24.5 Å². The molecule has 4 N–H and O–H groups in total. The Labute approximate surface area is 146 Å². The topological polar surface area (TPSA) is 94.5 Å². The molecule has 0 saturated heterocycles. The molecule has 0 aliphatic carbocycles. The van der Waals surface area contributed by atoms with Crippen molar-refractivity contribution >= 4 is 17.3 Å². The highest BCUT2D eigenvalue weighted by molar-refractivity contribution is 6.00. The normalized spacial score (nSPS) is 11.1. The number of benzene rings is 1. The van der Waals surface area contributed by atoms with Crippen LogP contribution in [0.25, 0.3) is 0 Å². The molecular formula is C18H24FN3O3. The first kappa shape index (κ1) is 20.5. The van der Waals surface area contributed by atoms with Crippen LogP contribution in [0.4, 0.5) is 15.8 Å². The molecule has 6 nitrogen and oxygen atoms in total. The first-order valence-corrected chi connectivity index (χ1v) is 8.05. The smallest absolute Gasteiger partial charge is 0.253 e. The van der Waals surface area contributed by atoms with E-state index in [1.807, 2.05) is 13.8 Å². The van der Waals surface area contributed by atoms with Crippen LogP contribution in [-0.2, 0) is 0 Å². The maximum atomic E-state index is 13.9. The summed E-state index contributed by atoms with van der Waals surface area (Å²) in [6.07, 6.45) is 1.82. The minimum Gasteiger partial charge on any atom is -0.394 e. The molecule has 1 aromatic heterocycles. The van der Waals surface area contributed by atoms with Crippen molar-refractivity contribution in [3.05, 3.63) is 53.6 Å². The van der Waals surface area contributed by atoms with Crippen LogP contribution in [0.2, 0.25) is 0 Å². The van der Waals surface area contributed by atoms with E-state index >= 15 is 0 Å². The molecule has 2 rings (SSSR count). The molecule has 0 bridgehead atoms. The summed E-state index contributed by atoms with van der Waals surface area (Å²) in [5, 5.41) is 23.4. The lowest BCUT2D eigenvalue weighted by molar-refractivity contribution is 0.0802. The highest BCUT2D eigenvalue weighted by atomic mass is 19.1. The Balaban J connectivity index is 0.00000151. The third-order valence-electron chi connectivity index (χ3n) is 3.17. The van der Waals surface area contributed by atoms with Crippen molar-refractivity contribution in [2.24, 2.45) is 0 Å². The molecule has 0 unspecified atom stereocenters. The van der Waals surface area contributed by atoms with Gasteiger partial charge in [0.1, 0.15) is 5.82 Å². The molecule has 0 saturated carbocycles. The highest BCUT2D eigenvalue weighted by Gasteiger charge is 2.14. The van der Waals surface area contributed by atoms with Gasteiger partial charge in [0, 0.05) is 12.7 Å². The second kappa shape index (κ2) is 10.4. The number of halogens is 1. The van der Waals surface area contributed by atoms with Crippen molar-refractivity contribution in [1.82, 2.24) is 10.3 Å². The standard InChI is InChI=1S/C16H18FN3O3.C2H6/c1-10-2-3-14(13(17)6-10)20-15-8-18-5-4-12(15)16(23)19-7-11(22)9-21;1-2/h2-6,8,11,20-22H,7,9H2,1H3,(H,19,23);1-2H3/t11-;/m0./s1. The van der Waals surface area contributed by atoms with Crippen molar-refractivity contribution in [2.45, 2.75) is 26.9 Å². The number of carbonyl (C=O) groups excluding carboxylic acids is 1. The molecule has 1 aromatic carbocycles. The summed E-state index contributed by atoms with van der Waals surface area (Å²) in [5.74, 6) is -0.897. The van der Waals surface area contributed by atoms with E-state index in [0.717, 1.165) is 5.56 Å². The lowest BCUT2D eigenvalue weighted by Crippen LogP contribution is -2.34. The monoisotopic (exact) mass is 349 g/mol. The van der Waals surface area contributed by atoms with Gasteiger partial charge < -0.3 is 20.8 Å². The molecule has 0 radical (unpaired) electrons. The minimum absolute atomic E-state index is 0.0873. The number of aryl methyl sites for hydroxylation is 1. The lowest BCUT2D eigenvalue weighted by Gasteiger charge is -2.13. The largest absolute Gasteiger partial charge is 0.394 e. The van der Waals surface area contributed by atoms with Gasteiger partial charge in [-0.15, -0.1) is 0 Å². The van der Waals surface area contributed by atoms with Gasteiger partial charge in [0.05, 0.1) is 35.8 Å². The number of aliphatic hydroxyl groups is 2. The third kappa shape index (κ3) is 6.13. The number of aromatic nitrogens is 1. The van der Waals surface area contributed by atoms with Gasteiger partial charge in [0.15, 0.2) is 0 Å². The van der Waals surface area contributed by atoms with Crippen LogP contribution in [0.15, 0.2) is 36.7 Å². The van der Waals surface area contributed by atoms with Gasteiger partial charge in [-0.25, -0.2) is 4.39 Å². The molecule has 1 heterocycles. The molecule has 0 aliphatic rings. The summed E-state index contributed by atoms with van der Waals surface area (Å²) in [7, 11) is 0. The Morgan fingerprint density at radius 2 is 2.00 bits per heavy atom.